The molecule has 0 saturated heterocycles. The first-order chi connectivity index (χ1) is 12.3. The highest BCUT2D eigenvalue weighted by Gasteiger charge is 2.26. The van der Waals surface area contributed by atoms with Crippen molar-refractivity contribution in [2.75, 3.05) is 18.7 Å². The molecule has 1 atom stereocenters. The topological polar surface area (TPSA) is 71.4 Å². The van der Waals surface area contributed by atoms with E-state index in [0.717, 1.165) is 32.6 Å². The first-order valence-electron chi connectivity index (χ1n) is 7.75. The molecule has 2 aromatic heterocycles. The Kier molecular flexibility index (Phi) is 4.35. The predicted octanol–water partition coefficient (Wildman–Crippen LogP) is 3.16. The van der Waals surface area contributed by atoms with Crippen molar-refractivity contribution in [3.8, 4) is 0 Å². The van der Waals surface area contributed by atoms with Crippen LogP contribution in [0.1, 0.15) is 17.2 Å². The van der Waals surface area contributed by atoms with Gasteiger partial charge in [0.15, 0.2) is 5.82 Å². The van der Waals surface area contributed by atoms with E-state index in [2.05, 4.69) is 15.0 Å². The minimum atomic E-state index is -0.717. The number of aromatic nitrogens is 3. The van der Waals surface area contributed by atoms with E-state index in [-0.39, 0.29) is 0 Å². The van der Waals surface area contributed by atoms with Crippen molar-refractivity contribution in [2.45, 2.75) is 16.0 Å². The average Bonchev–Trinajstić information content (AvgIpc) is 2.68. The SMILES string of the molecule is COCN1c2cc(C(O)c3ccncc3)ccc2Sc2nccnc21. The van der Waals surface area contributed by atoms with Gasteiger partial charge in [0.25, 0.3) is 0 Å². The van der Waals surface area contributed by atoms with Crippen molar-refractivity contribution in [1.29, 1.82) is 0 Å². The summed E-state index contributed by atoms with van der Waals surface area (Å²) < 4.78 is 5.36. The van der Waals surface area contributed by atoms with E-state index in [1.165, 1.54) is 0 Å². The number of ether oxygens (including phenoxy) is 1. The van der Waals surface area contributed by atoms with Gasteiger partial charge in [0.05, 0.1) is 5.69 Å². The first kappa shape index (κ1) is 16.0. The summed E-state index contributed by atoms with van der Waals surface area (Å²) in [4.78, 5) is 15.9. The van der Waals surface area contributed by atoms with E-state index >= 15 is 0 Å². The lowest BCUT2D eigenvalue weighted by Crippen LogP contribution is -2.24. The molecule has 6 nitrogen and oxygen atoms in total. The van der Waals surface area contributed by atoms with Crippen LogP contribution in [0.3, 0.4) is 0 Å². The van der Waals surface area contributed by atoms with Crippen LogP contribution in [0, 0.1) is 0 Å². The number of benzene rings is 1. The van der Waals surface area contributed by atoms with Crippen LogP contribution < -0.4 is 4.90 Å². The van der Waals surface area contributed by atoms with Crippen LogP contribution in [0.5, 0.6) is 0 Å². The zero-order valence-corrected chi connectivity index (χ0v) is 14.3. The minimum Gasteiger partial charge on any atom is -0.384 e. The number of methoxy groups -OCH3 is 1. The summed E-state index contributed by atoms with van der Waals surface area (Å²) >= 11 is 1.57. The molecule has 4 rings (SSSR count). The molecule has 0 saturated carbocycles. The van der Waals surface area contributed by atoms with Crippen molar-refractivity contribution >= 4 is 23.3 Å². The van der Waals surface area contributed by atoms with Gasteiger partial charge in [-0.2, -0.15) is 0 Å². The molecule has 3 aromatic rings. The summed E-state index contributed by atoms with van der Waals surface area (Å²) in [6, 6.07) is 9.53. The van der Waals surface area contributed by atoms with Gasteiger partial charge in [0.1, 0.15) is 17.9 Å². The molecule has 0 aliphatic carbocycles. The molecule has 0 spiro atoms. The van der Waals surface area contributed by atoms with Crippen LogP contribution in [0.4, 0.5) is 11.5 Å². The number of hydrogen-bond donors (Lipinski definition) is 1. The molecule has 1 unspecified atom stereocenters. The standard InChI is InChI=1S/C18H16N4O2S/c1-24-11-22-14-10-13(16(23)12-4-6-19-7-5-12)2-3-15(14)25-18-17(22)20-8-9-21-18/h2-10,16,23H,11H2,1H3. The van der Waals surface area contributed by atoms with E-state index in [9.17, 15) is 5.11 Å². The Hall–Kier alpha value is -2.48. The minimum absolute atomic E-state index is 0.355. The molecule has 126 valence electrons. The van der Waals surface area contributed by atoms with Crippen LogP contribution in [0.2, 0.25) is 0 Å². The number of nitrogens with zero attached hydrogens (tertiary/aromatic N) is 4. The van der Waals surface area contributed by atoms with E-state index in [1.54, 1.807) is 43.7 Å². The lowest BCUT2D eigenvalue weighted by Gasteiger charge is -2.30. The molecule has 1 aromatic carbocycles. The molecule has 0 bridgehead atoms. The monoisotopic (exact) mass is 352 g/mol. The summed E-state index contributed by atoms with van der Waals surface area (Å²) in [7, 11) is 1.65. The third kappa shape index (κ3) is 2.97. The Morgan fingerprint density at radius 3 is 2.68 bits per heavy atom. The van der Waals surface area contributed by atoms with Gasteiger partial charge in [0, 0.05) is 36.8 Å². The Morgan fingerprint density at radius 1 is 1.08 bits per heavy atom. The maximum atomic E-state index is 10.7. The van der Waals surface area contributed by atoms with Crippen molar-refractivity contribution in [3.05, 3.63) is 66.2 Å². The molecule has 25 heavy (non-hydrogen) atoms. The quantitative estimate of drug-likeness (QED) is 0.773. The Labute approximate surface area is 149 Å². The van der Waals surface area contributed by atoms with Crippen LogP contribution in [0.25, 0.3) is 0 Å². The molecule has 0 amide bonds. The zero-order chi connectivity index (χ0) is 17.2. The summed E-state index contributed by atoms with van der Waals surface area (Å²) in [5.74, 6) is 0.761. The molecule has 0 radical (unpaired) electrons. The molecule has 1 N–H and O–H groups in total. The Morgan fingerprint density at radius 2 is 1.88 bits per heavy atom. The van der Waals surface area contributed by atoms with E-state index < -0.39 is 6.10 Å². The smallest absolute Gasteiger partial charge is 0.168 e. The maximum absolute atomic E-state index is 10.7. The van der Waals surface area contributed by atoms with E-state index in [0.29, 0.717) is 6.73 Å². The lowest BCUT2D eigenvalue weighted by atomic mass is 10.0. The number of anilines is 2. The summed E-state index contributed by atoms with van der Waals surface area (Å²) in [5, 5.41) is 11.5. The third-order valence-corrected chi connectivity index (χ3v) is 5.02. The molecule has 1 aliphatic rings. The second-order valence-corrected chi connectivity index (χ2v) is 6.57. The van der Waals surface area contributed by atoms with Gasteiger partial charge in [0.2, 0.25) is 0 Å². The van der Waals surface area contributed by atoms with Crippen LogP contribution in [0.15, 0.2) is 65.0 Å². The molecular formula is C18H16N4O2S. The number of aliphatic hydroxyl groups excluding tert-OH is 1. The van der Waals surface area contributed by atoms with Crippen LogP contribution >= 0.6 is 11.8 Å². The average molecular weight is 352 g/mol. The van der Waals surface area contributed by atoms with Gasteiger partial charge in [-0.3, -0.25) is 9.88 Å². The second-order valence-electron chi connectivity index (χ2n) is 5.54. The fourth-order valence-electron chi connectivity index (χ4n) is 2.79. The molecule has 1 aliphatic heterocycles. The van der Waals surface area contributed by atoms with Gasteiger partial charge < -0.3 is 9.84 Å². The Bertz CT molecular complexity index is 891. The number of fused-ring (bicyclic) bond motifs is 2. The zero-order valence-electron chi connectivity index (χ0n) is 13.5. The fourth-order valence-corrected chi connectivity index (χ4v) is 3.78. The van der Waals surface area contributed by atoms with Crippen LogP contribution in [-0.2, 0) is 4.74 Å². The van der Waals surface area contributed by atoms with Gasteiger partial charge >= 0.3 is 0 Å². The highest BCUT2D eigenvalue weighted by Crippen LogP contribution is 2.46. The van der Waals surface area contributed by atoms with Gasteiger partial charge in [-0.15, -0.1) is 0 Å². The van der Waals surface area contributed by atoms with E-state index in [1.807, 2.05) is 35.2 Å². The van der Waals surface area contributed by atoms with Gasteiger partial charge in [-0.25, -0.2) is 9.97 Å². The van der Waals surface area contributed by atoms with Crippen molar-refractivity contribution in [3.63, 3.8) is 0 Å². The van der Waals surface area contributed by atoms with E-state index in [4.69, 9.17) is 4.74 Å². The number of aliphatic hydroxyl groups is 1. The number of rotatable bonds is 4. The summed E-state index contributed by atoms with van der Waals surface area (Å²) in [6.45, 7) is 0.355. The predicted molar refractivity (Wildman–Crippen MR) is 94.9 cm³/mol. The molecule has 0 fully saturated rings. The van der Waals surface area contributed by atoms with Crippen LogP contribution in [-0.4, -0.2) is 33.9 Å². The maximum Gasteiger partial charge on any atom is 0.168 e. The molecular weight excluding hydrogens is 336 g/mol. The number of hydrogen-bond acceptors (Lipinski definition) is 7. The van der Waals surface area contributed by atoms with Crippen molar-refractivity contribution < 1.29 is 9.84 Å². The molecule has 7 heteroatoms. The molecule has 3 heterocycles. The highest BCUT2D eigenvalue weighted by molar-refractivity contribution is 7.99. The fraction of sp³-hybridized carbons (Fsp3) is 0.167. The largest absolute Gasteiger partial charge is 0.384 e. The second kappa shape index (κ2) is 6.79. The van der Waals surface area contributed by atoms with Gasteiger partial charge in [-0.1, -0.05) is 17.8 Å². The summed E-state index contributed by atoms with van der Waals surface area (Å²) in [6.07, 6.45) is 5.99. The Balaban J connectivity index is 1.76. The lowest BCUT2D eigenvalue weighted by molar-refractivity contribution is 0.204. The highest BCUT2D eigenvalue weighted by atomic mass is 32.2. The summed E-state index contributed by atoms with van der Waals surface area (Å²) in [5.41, 5.74) is 2.56. The number of pyridine rings is 1. The van der Waals surface area contributed by atoms with Gasteiger partial charge in [-0.05, 0) is 35.4 Å². The normalized spacial score (nSPS) is 13.9. The third-order valence-electron chi connectivity index (χ3n) is 3.98. The first-order valence-corrected chi connectivity index (χ1v) is 8.57. The van der Waals surface area contributed by atoms with Crippen molar-refractivity contribution in [2.24, 2.45) is 0 Å². The van der Waals surface area contributed by atoms with Crippen molar-refractivity contribution in [1.82, 2.24) is 15.0 Å².